The monoisotopic (exact) mass is 477 g/mol. The minimum absolute atomic E-state index is 0.730. The molecule has 0 unspecified atom stereocenters. The number of halogens is 2. The fraction of sp³-hybridized carbons (Fsp3) is 0.120. The maximum absolute atomic E-state index is 6.37. The van der Waals surface area contributed by atoms with Gasteiger partial charge < -0.3 is 14.7 Å². The summed E-state index contributed by atoms with van der Waals surface area (Å²) in [5.41, 5.74) is 3.54. The van der Waals surface area contributed by atoms with Gasteiger partial charge in [-0.3, -0.25) is 0 Å². The van der Waals surface area contributed by atoms with Gasteiger partial charge >= 0.3 is 0 Å². The van der Waals surface area contributed by atoms with Gasteiger partial charge in [0.15, 0.2) is 0 Å². The topological polar surface area (TPSA) is 9.72 Å². The fourth-order valence-corrected chi connectivity index (χ4v) is 4.92. The zero-order chi connectivity index (χ0) is 20.5. The molecule has 0 aromatic heterocycles. The lowest BCUT2D eigenvalue weighted by Gasteiger charge is -2.45. The average molecular weight is 479 g/mol. The van der Waals surface area contributed by atoms with Gasteiger partial charge in [-0.1, -0.05) is 82.1 Å². The molecule has 0 saturated carbocycles. The molecule has 5 heteroatoms. The van der Waals surface area contributed by atoms with E-state index in [-0.39, 0.29) is 0 Å². The number of anilines is 3. The maximum Gasteiger partial charge on any atom is 0.0937 e. The van der Waals surface area contributed by atoms with Crippen molar-refractivity contribution in [1.29, 1.82) is 0 Å². The molecule has 0 radical (unpaired) electrons. The molecule has 4 aromatic rings. The van der Waals surface area contributed by atoms with Crippen molar-refractivity contribution < 1.29 is 0 Å². The SMILES string of the molecule is Clc1cc(Br)cc(N2CN(c3ccccc3)CN(c3cccc4ccccc34)C2)c1. The van der Waals surface area contributed by atoms with E-state index in [1.165, 1.54) is 22.1 Å². The van der Waals surface area contributed by atoms with Crippen LogP contribution in [0.5, 0.6) is 0 Å². The number of nitrogens with zero attached hydrogens (tertiary/aromatic N) is 3. The predicted octanol–water partition coefficient (Wildman–Crippen LogP) is 6.96. The molecule has 1 aliphatic heterocycles. The van der Waals surface area contributed by atoms with Crippen molar-refractivity contribution in [2.24, 2.45) is 0 Å². The molecular weight excluding hydrogens is 458 g/mol. The van der Waals surface area contributed by atoms with Gasteiger partial charge in [-0.2, -0.15) is 0 Å². The summed E-state index contributed by atoms with van der Waals surface area (Å²) in [6.07, 6.45) is 0. The summed E-state index contributed by atoms with van der Waals surface area (Å²) < 4.78 is 0.985. The Bertz CT molecular complexity index is 1160. The van der Waals surface area contributed by atoms with E-state index < -0.39 is 0 Å². The molecule has 4 aromatic carbocycles. The third-order valence-electron chi connectivity index (χ3n) is 5.47. The zero-order valence-electron chi connectivity index (χ0n) is 16.4. The minimum atomic E-state index is 0.730. The van der Waals surface area contributed by atoms with E-state index >= 15 is 0 Å². The maximum atomic E-state index is 6.37. The lowest BCUT2D eigenvalue weighted by atomic mass is 10.1. The molecule has 30 heavy (non-hydrogen) atoms. The number of hydrogen-bond acceptors (Lipinski definition) is 3. The first kappa shape index (κ1) is 19.3. The van der Waals surface area contributed by atoms with E-state index in [1.807, 2.05) is 12.1 Å². The van der Waals surface area contributed by atoms with Crippen LogP contribution in [0.25, 0.3) is 10.8 Å². The highest BCUT2D eigenvalue weighted by atomic mass is 79.9. The molecule has 0 aliphatic carbocycles. The van der Waals surface area contributed by atoms with E-state index in [4.69, 9.17) is 11.6 Å². The summed E-state index contributed by atoms with van der Waals surface area (Å²) in [7, 11) is 0. The van der Waals surface area contributed by atoms with E-state index in [2.05, 4.69) is 109 Å². The van der Waals surface area contributed by atoms with Crippen LogP contribution in [-0.4, -0.2) is 20.0 Å². The normalized spacial score (nSPS) is 14.4. The molecule has 1 aliphatic rings. The van der Waals surface area contributed by atoms with Crippen LogP contribution in [0.2, 0.25) is 5.02 Å². The fourth-order valence-electron chi connectivity index (χ4n) is 4.08. The summed E-state index contributed by atoms with van der Waals surface area (Å²) >= 11 is 9.96. The Morgan fingerprint density at radius 2 is 1.30 bits per heavy atom. The van der Waals surface area contributed by atoms with Crippen molar-refractivity contribution in [2.45, 2.75) is 0 Å². The Hall–Kier alpha value is -2.69. The first-order valence-electron chi connectivity index (χ1n) is 9.91. The van der Waals surface area contributed by atoms with Crippen molar-refractivity contribution >= 4 is 55.4 Å². The Labute approximate surface area is 190 Å². The van der Waals surface area contributed by atoms with Crippen molar-refractivity contribution in [3.8, 4) is 0 Å². The Morgan fingerprint density at radius 1 is 0.633 bits per heavy atom. The molecule has 0 atom stereocenters. The molecule has 0 spiro atoms. The summed E-state index contributed by atoms with van der Waals surface area (Å²) in [4.78, 5) is 7.17. The number of benzene rings is 4. The molecule has 1 fully saturated rings. The molecular formula is C25H21BrClN3. The standard InChI is InChI=1S/C25H21BrClN3/c26-20-13-21(27)15-23(14-20)29-16-28(22-9-2-1-3-10-22)17-30(18-29)25-12-6-8-19-7-4-5-11-24(19)25/h1-15H,16-18H2. The minimum Gasteiger partial charge on any atom is -0.336 e. The van der Waals surface area contributed by atoms with Crippen LogP contribution in [0.4, 0.5) is 17.1 Å². The van der Waals surface area contributed by atoms with Gasteiger partial charge in [0.25, 0.3) is 0 Å². The van der Waals surface area contributed by atoms with Gasteiger partial charge in [-0.25, -0.2) is 0 Å². The van der Waals surface area contributed by atoms with Crippen LogP contribution < -0.4 is 14.7 Å². The summed E-state index contributed by atoms with van der Waals surface area (Å²) in [5, 5.41) is 3.25. The van der Waals surface area contributed by atoms with Crippen LogP contribution in [-0.2, 0) is 0 Å². The molecule has 0 bridgehead atoms. The average Bonchev–Trinajstić information content (AvgIpc) is 2.78. The quantitative estimate of drug-likeness (QED) is 0.315. The van der Waals surface area contributed by atoms with Gasteiger partial charge in [0.05, 0.1) is 20.0 Å². The highest BCUT2D eigenvalue weighted by molar-refractivity contribution is 9.10. The van der Waals surface area contributed by atoms with Gasteiger partial charge in [0, 0.05) is 31.9 Å². The van der Waals surface area contributed by atoms with E-state index in [0.29, 0.717) is 0 Å². The summed E-state index contributed by atoms with van der Waals surface area (Å²) in [6.45, 7) is 2.39. The summed E-state index contributed by atoms with van der Waals surface area (Å²) in [6, 6.07) is 31.7. The van der Waals surface area contributed by atoms with Crippen molar-refractivity contribution in [3.05, 3.63) is 100 Å². The second-order valence-electron chi connectivity index (χ2n) is 7.51. The molecule has 0 N–H and O–H groups in total. The van der Waals surface area contributed by atoms with Crippen LogP contribution in [0.3, 0.4) is 0 Å². The highest BCUT2D eigenvalue weighted by Gasteiger charge is 2.25. The molecule has 1 saturated heterocycles. The van der Waals surface area contributed by atoms with Crippen molar-refractivity contribution in [1.82, 2.24) is 0 Å². The second-order valence-corrected chi connectivity index (χ2v) is 8.86. The Kier molecular flexibility index (Phi) is 5.28. The Balaban J connectivity index is 1.58. The van der Waals surface area contributed by atoms with Crippen LogP contribution >= 0.6 is 27.5 Å². The van der Waals surface area contributed by atoms with Crippen LogP contribution in [0.15, 0.2) is 95.5 Å². The first-order chi connectivity index (χ1) is 14.7. The third kappa shape index (κ3) is 3.85. The lowest BCUT2D eigenvalue weighted by molar-refractivity contribution is 0.612. The largest absolute Gasteiger partial charge is 0.336 e. The lowest BCUT2D eigenvalue weighted by Crippen LogP contribution is -2.55. The molecule has 5 rings (SSSR count). The molecule has 0 amide bonds. The first-order valence-corrected chi connectivity index (χ1v) is 11.1. The van der Waals surface area contributed by atoms with Gasteiger partial charge in [0.1, 0.15) is 0 Å². The number of hydrogen-bond donors (Lipinski definition) is 0. The van der Waals surface area contributed by atoms with E-state index in [1.54, 1.807) is 0 Å². The zero-order valence-corrected chi connectivity index (χ0v) is 18.7. The van der Waals surface area contributed by atoms with Crippen molar-refractivity contribution in [2.75, 3.05) is 34.7 Å². The Morgan fingerprint density at radius 3 is 2.10 bits per heavy atom. The van der Waals surface area contributed by atoms with Crippen LogP contribution in [0.1, 0.15) is 0 Å². The predicted molar refractivity (Wildman–Crippen MR) is 132 cm³/mol. The van der Waals surface area contributed by atoms with Gasteiger partial charge in [-0.15, -0.1) is 0 Å². The molecule has 3 nitrogen and oxygen atoms in total. The highest BCUT2D eigenvalue weighted by Crippen LogP contribution is 2.33. The van der Waals surface area contributed by atoms with Gasteiger partial charge in [-0.05, 0) is 41.8 Å². The van der Waals surface area contributed by atoms with E-state index in [0.717, 1.165) is 35.2 Å². The van der Waals surface area contributed by atoms with Gasteiger partial charge in [0.2, 0.25) is 0 Å². The van der Waals surface area contributed by atoms with Crippen molar-refractivity contribution in [3.63, 3.8) is 0 Å². The summed E-state index contributed by atoms with van der Waals surface area (Å²) in [5.74, 6) is 0. The van der Waals surface area contributed by atoms with E-state index in [9.17, 15) is 0 Å². The smallest absolute Gasteiger partial charge is 0.0937 e. The molecule has 1 heterocycles. The third-order valence-corrected chi connectivity index (χ3v) is 6.14. The number of para-hydroxylation sites is 1. The second kappa shape index (κ2) is 8.21. The van der Waals surface area contributed by atoms with Crippen LogP contribution in [0, 0.1) is 0 Å². The number of fused-ring (bicyclic) bond motifs is 1. The molecule has 150 valence electrons. The number of rotatable bonds is 3.